The van der Waals surface area contributed by atoms with Crippen molar-refractivity contribution in [3.8, 4) is 0 Å². The second-order valence-corrected chi connectivity index (χ2v) is 3.31. The Hall–Kier alpha value is -1.46. The molecule has 1 aromatic rings. The molecule has 2 nitrogen and oxygen atoms in total. The Balaban J connectivity index is 3.00. The first-order valence-corrected chi connectivity index (χ1v) is 4.15. The van der Waals surface area contributed by atoms with Crippen molar-refractivity contribution in [2.24, 2.45) is 9.98 Å². The molecule has 0 N–H and O–H groups in total. The number of alkyl halides is 2. The van der Waals surface area contributed by atoms with E-state index in [9.17, 15) is 17.6 Å². The van der Waals surface area contributed by atoms with Gasteiger partial charge in [-0.2, -0.15) is 18.8 Å². The average Bonchev–Trinajstić information content (AvgIpc) is 2.48. The lowest BCUT2D eigenvalue weighted by molar-refractivity contribution is 0.0193. The predicted octanol–water partition coefficient (Wildman–Crippen LogP) is 1.38. The summed E-state index contributed by atoms with van der Waals surface area (Å²) in [5.74, 6) is -2.30. The zero-order valence-corrected chi connectivity index (χ0v) is 7.91. The number of hydrogen-bond donors (Lipinski definition) is 0. The smallest absolute Gasteiger partial charge is 0.203 e. The predicted molar refractivity (Wildman–Crippen MR) is 43.1 cm³/mol. The fourth-order valence-electron chi connectivity index (χ4n) is 1.46. The molecule has 0 saturated carbocycles. The van der Waals surface area contributed by atoms with Crippen LogP contribution in [0.2, 0.25) is 0 Å². The number of fused-ring (bicyclic) bond motifs is 1. The Bertz CT molecular complexity index is 514. The van der Waals surface area contributed by atoms with E-state index in [4.69, 9.17) is 0 Å². The quantitative estimate of drug-likeness (QED) is 0.464. The Labute approximate surface area is 82.0 Å². The zero-order chi connectivity index (χ0) is 11.4. The highest BCUT2D eigenvalue weighted by Gasteiger charge is 2.32. The van der Waals surface area contributed by atoms with Gasteiger partial charge in [0.25, 0.3) is 0 Å². The molecule has 0 bridgehead atoms. The Morgan fingerprint density at radius 1 is 0.867 bits per heavy atom. The van der Waals surface area contributed by atoms with Gasteiger partial charge in [0, 0.05) is 11.1 Å². The largest absolute Gasteiger partial charge is 0.450 e. The maximum Gasteiger partial charge on any atom is 0.450 e. The highest BCUT2D eigenvalue weighted by molar-refractivity contribution is 5.25. The number of rotatable bonds is 0. The number of hydrogen-bond acceptors (Lipinski definition) is 2. The van der Waals surface area contributed by atoms with Crippen molar-refractivity contribution in [2.75, 3.05) is 0 Å². The fourth-order valence-corrected chi connectivity index (χ4v) is 1.46. The lowest BCUT2D eigenvalue weighted by Gasteiger charge is -2.00. The summed E-state index contributed by atoms with van der Waals surface area (Å²) in [5.41, 5.74) is -0.483. The van der Waals surface area contributed by atoms with E-state index in [1.807, 2.05) is 0 Å². The standard InChI is InChI=1S/C9H6F4N2/c1-3-5(10)6(11)4(2)8-7(3)14-9(12,13)15-8/h1-2H3. The van der Waals surface area contributed by atoms with Crippen LogP contribution in [0.15, 0.2) is 9.98 Å². The third kappa shape index (κ3) is 1.32. The fraction of sp³-hybridized carbons (Fsp3) is 0.333. The molecule has 0 amide bonds. The Morgan fingerprint density at radius 2 is 1.20 bits per heavy atom. The number of nitrogens with zero attached hydrogens (tertiary/aromatic N) is 2. The van der Waals surface area contributed by atoms with Gasteiger partial charge in [-0.05, 0) is 13.8 Å². The molecule has 0 saturated heterocycles. The van der Waals surface area contributed by atoms with E-state index < -0.39 is 17.8 Å². The molecular weight excluding hydrogens is 212 g/mol. The van der Waals surface area contributed by atoms with Gasteiger partial charge in [0.1, 0.15) is 0 Å². The van der Waals surface area contributed by atoms with Gasteiger partial charge < -0.3 is 0 Å². The van der Waals surface area contributed by atoms with Crippen LogP contribution in [0.4, 0.5) is 17.6 Å². The van der Waals surface area contributed by atoms with Gasteiger partial charge in [-0.1, -0.05) is 0 Å². The van der Waals surface area contributed by atoms with Gasteiger partial charge in [0.15, 0.2) is 11.6 Å². The number of benzene rings is 1. The molecule has 1 aliphatic heterocycles. The maximum absolute atomic E-state index is 13.2. The summed E-state index contributed by atoms with van der Waals surface area (Å²) < 4.78 is 51.9. The minimum Gasteiger partial charge on any atom is -0.203 e. The van der Waals surface area contributed by atoms with E-state index >= 15 is 0 Å². The summed E-state index contributed by atoms with van der Waals surface area (Å²) in [5, 5.41) is -0.534. The minimum atomic E-state index is -3.61. The molecule has 1 heterocycles. The lowest BCUT2D eigenvalue weighted by atomic mass is 10.1. The molecule has 0 unspecified atom stereocenters. The van der Waals surface area contributed by atoms with Crippen molar-refractivity contribution >= 4 is 0 Å². The monoisotopic (exact) mass is 218 g/mol. The first-order chi connectivity index (χ1) is 6.83. The van der Waals surface area contributed by atoms with Crippen molar-refractivity contribution in [1.82, 2.24) is 0 Å². The van der Waals surface area contributed by atoms with Crippen LogP contribution in [-0.4, -0.2) is 6.17 Å². The van der Waals surface area contributed by atoms with Crippen molar-refractivity contribution in [3.05, 3.63) is 33.5 Å². The normalized spacial score (nSPS) is 16.9. The highest BCUT2D eigenvalue weighted by Crippen LogP contribution is 2.19. The molecule has 0 aliphatic carbocycles. The molecule has 1 aromatic carbocycles. The van der Waals surface area contributed by atoms with E-state index in [-0.39, 0.29) is 21.8 Å². The summed E-state index contributed by atoms with van der Waals surface area (Å²) in [7, 11) is 0. The average molecular weight is 218 g/mol. The molecular formula is C9H6F4N2. The maximum atomic E-state index is 13.2. The van der Waals surface area contributed by atoms with Crippen molar-refractivity contribution in [1.29, 1.82) is 0 Å². The van der Waals surface area contributed by atoms with Crippen LogP contribution in [-0.2, 0) is 0 Å². The Morgan fingerprint density at radius 3 is 1.53 bits per heavy atom. The molecule has 0 radical (unpaired) electrons. The summed E-state index contributed by atoms with van der Waals surface area (Å²) in [6, 6.07) is 0. The van der Waals surface area contributed by atoms with Crippen LogP contribution < -0.4 is 10.7 Å². The van der Waals surface area contributed by atoms with Gasteiger partial charge in [-0.25, -0.2) is 8.78 Å². The van der Waals surface area contributed by atoms with Gasteiger partial charge in [0.05, 0.1) is 10.7 Å². The van der Waals surface area contributed by atoms with E-state index in [1.165, 1.54) is 13.8 Å². The molecule has 1 aliphatic rings. The van der Waals surface area contributed by atoms with E-state index in [1.54, 1.807) is 0 Å². The van der Waals surface area contributed by atoms with Gasteiger partial charge >= 0.3 is 6.17 Å². The second-order valence-electron chi connectivity index (χ2n) is 3.31. The van der Waals surface area contributed by atoms with Crippen molar-refractivity contribution in [2.45, 2.75) is 20.0 Å². The van der Waals surface area contributed by atoms with Gasteiger partial charge in [-0.3, -0.25) is 0 Å². The molecule has 15 heavy (non-hydrogen) atoms. The first-order valence-electron chi connectivity index (χ1n) is 4.15. The first kappa shape index (κ1) is 10.1. The third-order valence-electron chi connectivity index (χ3n) is 2.28. The van der Waals surface area contributed by atoms with Crippen molar-refractivity contribution < 1.29 is 17.6 Å². The molecule has 0 spiro atoms. The topological polar surface area (TPSA) is 24.7 Å². The van der Waals surface area contributed by atoms with E-state index in [0.29, 0.717) is 0 Å². The van der Waals surface area contributed by atoms with Crippen LogP contribution in [0.3, 0.4) is 0 Å². The van der Waals surface area contributed by atoms with Gasteiger partial charge in [0.2, 0.25) is 0 Å². The molecule has 0 atom stereocenters. The number of halogens is 4. The summed E-state index contributed by atoms with van der Waals surface area (Å²) in [6.45, 7) is 2.38. The highest BCUT2D eigenvalue weighted by atomic mass is 19.3. The van der Waals surface area contributed by atoms with Crippen LogP contribution in [0, 0.1) is 25.5 Å². The molecule has 0 fully saturated rings. The SMILES string of the molecule is Cc1c(F)c(F)c(C)c2c1=NC(F)(F)N=2. The minimum absolute atomic E-state index is 0.242. The molecule has 6 heteroatoms. The van der Waals surface area contributed by atoms with E-state index in [0.717, 1.165) is 0 Å². The van der Waals surface area contributed by atoms with E-state index in [2.05, 4.69) is 9.98 Å². The molecule has 80 valence electrons. The third-order valence-corrected chi connectivity index (χ3v) is 2.28. The molecule has 2 rings (SSSR count). The summed E-state index contributed by atoms with van der Waals surface area (Å²) in [6.07, 6.45) is -3.61. The zero-order valence-electron chi connectivity index (χ0n) is 7.91. The van der Waals surface area contributed by atoms with Crippen LogP contribution in [0.25, 0.3) is 0 Å². The van der Waals surface area contributed by atoms with Crippen LogP contribution in [0.1, 0.15) is 11.1 Å². The molecule has 0 aromatic heterocycles. The lowest BCUT2D eigenvalue weighted by Crippen LogP contribution is -2.30. The Kier molecular flexibility index (Phi) is 1.86. The van der Waals surface area contributed by atoms with Crippen molar-refractivity contribution in [3.63, 3.8) is 0 Å². The second kappa shape index (κ2) is 2.77. The summed E-state index contributed by atoms with van der Waals surface area (Å²) >= 11 is 0. The van der Waals surface area contributed by atoms with Crippen LogP contribution in [0.5, 0.6) is 0 Å². The summed E-state index contributed by atoms with van der Waals surface area (Å²) in [4.78, 5) is 5.88. The van der Waals surface area contributed by atoms with Crippen LogP contribution >= 0.6 is 0 Å². The van der Waals surface area contributed by atoms with Gasteiger partial charge in [-0.15, -0.1) is 0 Å².